The molecule has 5 aromatic rings. The van der Waals surface area contributed by atoms with E-state index in [0.29, 0.717) is 27.9 Å². The number of nitriles is 1. The van der Waals surface area contributed by atoms with Gasteiger partial charge >= 0.3 is 0 Å². The third-order valence-electron chi connectivity index (χ3n) is 5.37. The van der Waals surface area contributed by atoms with Crippen LogP contribution in [0.5, 0.6) is 0 Å². The highest BCUT2D eigenvalue weighted by molar-refractivity contribution is 6.30. The van der Waals surface area contributed by atoms with E-state index in [1.54, 1.807) is 43.0 Å². The summed E-state index contributed by atoms with van der Waals surface area (Å²) >= 11 is 6.18. The van der Waals surface area contributed by atoms with Gasteiger partial charge in [-0.1, -0.05) is 17.7 Å². The van der Waals surface area contributed by atoms with E-state index in [9.17, 15) is 5.26 Å². The lowest BCUT2D eigenvalue weighted by molar-refractivity contribution is 0.527. The first-order chi connectivity index (χ1) is 16.1. The number of aryl methyl sites for hydroxylation is 1. The molecule has 5 rings (SSSR count). The van der Waals surface area contributed by atoms with Gasteiger partial charge in [0.2, 0.25) is 5.88 Å². The van der Waals surface area contributed by atoms with Crippen molar-refractivity contribution >= 4 is 23.7 Å². The van der Waals surface area contributed by atoms with Crippen LogP contribution in [0.25, 0.3) is 28.5 Å². The molecule has 0 unspecified atom stereocenters. The van der Waals surface area contributed by atoms with E-state index in [4.69, 9.17) is 24.9 Å². The van der Waals surface area contributed by atoms with Crippen molar-refractivity contribution in [3.8, 4) is 34.6 Å². The molecule has 0 fully saturated rings. The fourth-order valence-electron chi connectivity index (χ4n) is 3.91. The lowest BCUT2D eigenvalue weighted by Crippen LogP contribution is -1.99. The summed E-state index contributed by atoms with van der Waals surface area (Å²) in [5, 5.41) is 10.6. The average Bonchev–Trinajstić information content (AvgIpc) is 3.59. The van der Waals surface area contributed by atoms with Gasteiger partial charge < -0.3 is 17.8 Å². The summed E-state index contributed by atoms with van der Waals surface area (Å²) in [5.74, 6) is 1.56. The van der Waals surface area contributed by atoms with Gasteiger partial charge in [-0.15, -0.1) is 0 Å². The quantitative estimate of drug-likeness (QED) is 0.257. The fourth-order valence-corrected chi connectivity index (χ4v) is 4.09. The van der Waals surface area contributed by atoms with Crippen molar-refractivity contribution in [2.24, 2.45) is 4.99 Å². The van der Waals surface area contributed by atoms with Gasteiger partial charge in [0.1, 0.15) is 17.4 Å². The van der Waals surface area contributed by atoms with Crippen LogP contribution < -0.4 is 0 Å². The van der Waals surface area contributed by atoms with Crippen LogP contribution in [0.15, 0.2) is 85.4 Å². The highest BCUT2D eigenvalue weighted by atomic mass is 35.5. The van der Waals surface area contributed by atoms with Crippen LogP contribution in [-0.2, 0) is 0 Å². The van der Waals surface area contributed by atoms with Crippen LogP contribution in [0.4, 0.5) is 5.88 Å². The van der Waals surface area contributed by atoms with Gasteiger partial charge in [-0.05, 0) is 62.4 Å². The molecule has 4 heterocycles. The molecule has 33 heavy (non-hydrogen) atoms. The molecular weight excluding hydrogens is 438 g/mol. The molecule has 0 saturated carbocycles. The number of rotatable bonds is 5. The molecule has 0 N–H and O–H groups in total. The minimum atomic E-state index is 0.183. The maximum absolute atomic E-state index is 9.91. The van der Waals surface area contributed by atoms with Crippen molar-refractivity contribution in [3.05, 3.63) is 94.7 Å². The first-order valence-electron chi connectivity index (χ1n) is 10.2. The lowest BCUT2D eigenvalue weighted by atomic mass is 10.1. The van der Waals surface area contributed by atoms with Crippen molar-refractivity contribution in [3.63, 3.8) is 0 Å². The highest BCUT2D eigenvalue weighted by Gasteiger charge is 2.26. The van der Waals surface area contributed by atoms with Crippen molar-refractivity contribution in [2.75, 3.05) is 0 Å². The summed E-state index contributed by atoms with van der Waals surface area (Å²) in [5.41, 5.74) is 4.66. The second kappa shape index (κ2) is 8.38. The van der Waals surface area contributed by atoms with Crippen molar-refractivity contribution < 1.29 is 13.3 Å². The molecule has 1 aromatic carbocycles. The summed E-state index contributed by atoms with van der Waals surface area (Å²) in [6, 6.07) is 18.9. The Bertz CT molecular complexity index is 1500. The van der Waals surface area contributed by atoms with Crippen molar-refractivity contribution in [1.29, 1.82) is 5.26 Å². The summed E-state index contributed by atoms with van der Waals surface area (Å²) < 4.78 is 19.2. The number of nitrogens with zero attached hydrogens (tertiary/aromatic N) is 3. The smallest absolute Gasteiger partial charge is 0.238 e. The molecule has 162 valence electrons. The summed E-state index contributed by atoms with van der Waals surface area (Å²) in [4.78, 5) is 4.54. The Morgan fingerprint density at radius 1 is 1.00 bits per heavy atom. The molecule has 6 nitrogen and oxygen atoms in total. The zero-order valence-electron chi connectivity index (χ0n) is 17.9. The monoisotopic (exact) mass is 455 g/mol. The van der Waals surface area contributed by atoms with Crippen LogP contribution in [-0.4, -0.2) is 10.8 Å². The lowest BCUT2D eigenvalue weighted by Gasteiger charge is -2.09. The Labute approximate surface area is 195 Å². The molecule has 7 heteroatoms. The van der Waals surface area contributed by atoms with Gasteiger partial charge in [-0.2, -0.15) is 5.26 Å². The number of aromatic nitrogens is 1. The third-order valence-corrected chi connectivity index (χ3v) is 5.61. The number of hydrogen-bond donors (Lipinski definition) is 0. The summed E-state index contributed by atoms with van der Waals surface area (Å²) in [7, 11) is 0. The molecule has 0 aliphatic heterocycles. The Morgan fingerprint density at radius 2 is 1.76 bits per heavy atom. The summed E-state index contributed by atoms with van der Waals surface area (Å²) in [6.45, 7) is 4.02. The third kappa shape index (κ3) is 3.69. The molecule has 4 aromatic heterocycles. The van der Waals surface area contributed by atoms with E-state index >= 15 is 0 Å². The van der Waals surface area contributed by atoms with Gasteiger partial charge in [0, 0.05) is 33.9 Å². The number of halogens is 1. The standard InChI is InChI=1S/C26H18ClN3O3/c1-16-12-18(17(2)30(16)20-7-3-6-19(27)13-20)15-29-26-21(14-28)24(22-8-4-10-31-22)25(33-26)23-9-5-11-32-23/h3-13,15H,1-2H3. The molecule has 0 amide bonds. The van der Waals surface area contributed by atoms with E-state index < -0.39 is 0 Å². The largest absolute Gasteiger partial charge is 0.464 e. The van der Waals surface area contributed by atoms with Gasteiger partial charge in [-0.3, -0.25) is 0 Å². The normalized spacial score (nSPS) is 11.3. The minimum absolute atomic E-state index is 0.183. The minimum Gasteiger partial charge on any atom is -0.464 e. The second-order valence-electron chi connectivity index (χ2n) is 7.45. The van der Waals surface area contributed by atoms with E-state index in [1.807, 2.05) is 44.2 Å². The van der Waals surface area contributed by atoms with Gasteiger partial charge in [0.05, 0.1) is 18.1 Å². The predicted octanol–water partition coefficient (Wildman–Crippen LogP) is 7.48. The van der Waals surface area contributed by atoms with Crippen LogP contribution in [0.3, 0.4) is 0 Å². The molecule has 0 atom stereocenters. The van der Waals surface area contributed by atoms with Gasteiger partial charge in [-0.25, -0.2) is 4.99 Å². The van der Waals surface area contributed by atoms with Crippen LogP contribution in [0.1, 0.15) is 22.5 Å². The second-order valence-corrected chi connectivity index (χ2v) is 7.89. The molecule has 0 aliphatic rings. The average molecular weight is 456 g/mol. The predicted molar refractivity (Wildman–Crippen MR) is 126 cm³/mol. The van der Waals surface area contributed by atoms with Gasteiger partial charge in [0.25, 0.3) is 0 Å². The zero-order chi connectivity index (χ0) is 22.9. The van der Waals surface area contributed by atoms with Crippen LogP contribution in [0.2, 0.25) is 5.02 Å². The van der Waals surface area contributed by atoms with Crippen LogP contribution in [0, 0.1) is 25.2 Å². The zero-order valence-corrected chi connectivity index (χ0v) is 18.6. The molecule has 0 bridgehead atoms. The van der Waals surface area contributed by atoms with Gasteiger partial charge in [0.15, 0.2) is 11.5 Å². The number of aliphatic imine (C=N–C) groups is 1. The molecule has 0 aliphatic carbocycles. The molecule has 0 spiro atoms. The van der Waals surface area contributed by atoms with Crippen molar-refractivity contribution in [2.45, 2.75) is 13.8 Å². The van der Waals surface area contributed by atoms with Crippen LogP contribution >= 0.6 is 11.6 Å². The Hall–Kier alpha value is -4.21. The number of benzene rings is 1. The first-order valence-corrected chi connectivity index (χ1v) is 10.6. The number of furan rings is 3. The Kier molecular flexibility index (Phi) is 5.25. The Morgan fingerprint density at radius 3 is 2.42 bits per heavy atom. The SMILES string of the molecule is Cc1cc(C=Nc2oc(-c3ccco3)c(-c3ccco3)c2C#N)c(C)n1-c1cccc(Cl)c1. The molecular formula is C26H18ClN3O3. The molecule has 0 radical (unpaired) electrons. The van der Waals surface area contributed by atoms with E-state index in [0.717, 1.165) is 22.6 Å². The number of hydrogen-bond acceptors (Lipinski definition) is 5. The Balaban J connectivity index is 1.60. The van der Waals surface area contributed by atoms with Crippen molar-refractivity contribution in [1.82, 2.24) is 4.57 Å². The first kappa shape index (κ1) is 20.7. The van der Waals surface area contributed by atoms with E-state index in [-0.39, 0.29) is 11.4 Å². The topological polar surface area (TPSA) is 80.5 Å². The molecule has 0 saturated heterocycles. The fraction of sp³-hybridized carbons (Fsp3) is 0.0769. The maximum Gasteiger partial charge on any atom is 0.238 e. The summed E-state index contributed by atoms with van der Waals surface area (Å²) in [6.07, 6.45) is 4.79. The maximum atomic E-state index is 9.91. The van der Waals surface area contributed by atoms with E-state index in [1.165, 1.54) is 0 Å². The van der Waals surface area contributed by atoms with E-state index in [2.05, 4.69) is 15.6 Å². The highest BCUT2D eigenvalue weighted by Crippen LogP contribution is 2.42.